The summed E-state index contributed by atoms with van der Waals surface area (Å²) in [5, 5.41) is 7.75. The van der Waals surface area contributed by atoms with E-state index in [1.165, 1.54) is 12.1 Å². The second kappa shape index (κ2) is 6.47. The Hall–Kier alpha value is -3.10. The molecular formula is C20H17F4N5. The van der Waals surface area contributed by atoms with Crippen molar-refractivity contribution in [1.82, 2.24) is 20.2 Å². The Morgan fingerprint density at radius 3 is 2.76 bits per heavy atom. The molecular weight excluding hydrogens is 386 g/mol. The SMILES string of the molecule is Fc1ccc2c(-c3nc4ccc(N5CCCC(C(F)(F)F)C5)cc4[nH]3)n[nH]c2c1. The lowest BCUT2D eigenvalue weighted by atomic mass is 9.97. The van der Waals surface area contributed by atoms with Crippen molar-refractivity contribution in [2.45, 2.75) is 19.0 Å². The van der Waals surface area contributed by atoms with Crippen LogP contribution in [0.3, 0.4) is 0 Å². The van der Waals surface area contributed by atoms with Gasteiger partial charge in [0.15, 0.2) is 5.82 Å². The fourth-order valence-corrected chi connectivity index (χ4v) is 3.96. The topological polar surface area (TPSA) is 60.6 Å². The molecule has 5 rings (SSSR count). The highest BCUT2D eigenvalue weighted by molar-refractivity contribution is 5.93. The first kappa shape index (κ1) is 18.0. The van der Waals surface area contributed by atoms with Gasteiger partial charge >= 0.3 is 6.18 Å². The Bertz CT molecular complexity index is 1190. The maximum Gasteiger partial charge on any atom is 0.393 e. The van der Waals surface area contributed by atoms with Crippen LogP contribution in [-0.2, 0) is 0 Å². The third kappa shape index (κ3) is 3.20. The molecule has 0 spiro atoms. The number of nitrogens with one attached hydrogen (secondary N) is 2. The summed E-state index contributed by atoms with van der Waals surface area (Å²) in [6, 6.07) is 9.75. The molecule has 1 unspecified atom stereocenters. The third-order valence-corrected chi connectivity index (χ3v) is 5.46. The minimum absolute atomic E-state index is 0.0361. The molecule has 1 fully saturated rings. The molecule has 1 aliphatic heterocycles. The lowest BCUT2D eigenvalue weighted by Gasteiger charge is -2.35. The average Bonchev–Trinajstić information content (AvgIpc) is 3.30. The number of alkyl halides is 3. The van der Waals surface area contributed by atoms with Crippen molar-refractivity contribution in [3.63, 3.8) is 0 Å². The summed E-state index contributed by atoms with van der Waals surface area (Å²) in [6.45, 7) is 0.556. The minimum Gasteiger partial charge on any atom is -0.371 e. The normalized spacial score (nSPS) is 18.1. The van der Waals surface area contributed by atoms with Crippen LogP contribution < -0.4 is 4.90 Å². The fourth-order valence-electron chi connectivity index (χ4n) is 3.96. The number of imidazole rings is 1. The van der Waals surface area contributed by atoms with Gasteiger partial charge in [-0.05, 0) is 49.2 Å². The summed E-state index contributed by atoms with van der Waals surface area (Å²) >= 11 is 0. The van der Waals surface area contributed by atoms with Gasteiger partial charge < -0.3 is 9.88 Å². The van der Waals surface area contributed by atoms with Gasteiger partial charge in [-0.1, -0.05) is 0 Å². The van der Waals surface area contributed by atoms with Crippen LogP contribution in [0.25, 0.3) is 33.5 Å². The van der Waals surface area contributed by atoms with Crippen LogP contribution in [0.1, 0.15) is 12.8 Å². The van der Waals surface area contributed by atoms with Crippen LogP contribution in [0.15, 0.2) is 36.4 Å². The van der Waals surface area contributed by atoms with Crippen molar-refractivity contribution in [3.05, 3.63) is 42.2 Å². The largest absolute Gasteiger partial charge is 0.393 e. The summed E-state index contributed by atoms with van der Waals surface area (Å²) in [5.41, 5.74) is 3.26. The Morgan fingerprint density at radius 2 is 1.93 bits per heavy atom. The second-order valence-corrected chi connectivity index (χ2v) is 7.38. The number of halogens is 4. The number of aromatic amines is 2. The first-order chi connectivity index (χ1) is 13.9. The van der Waals surface area contributed by atoms with Gasteiger partial charge in [0.05, 0.1) is 22.5 Å². The maximum absolute atomic E-state index is 13.4. The molecule has 0 saturated carbocycles. The number of fused-ring (bicyclic) bond motifs is 2. The van der Waals surface area contributed by atoms with Gasteiger partial charge in [-0.2, -0.15) is 18.3 Å². The molecule has 2 N–H and O–H groups in total. The predicted octanol–water partition coefficient (Wildman–Crippen LogP) is 5.02. The van der Waals surface area contributed by atoms with Gasteiger partial charge in [0.25, 0.3) is 0 Å². The number of H-pyrrole nitrogens is 2. The molecule has 1 aliphatic rings. The van der Waals surface area contributed by atoms with E-state index in [0.717, 1.165) is 11.1 Å². The molecule has 1 atom stereocenters. The number of nitrogens with zero attached hydrogens (tertiary/aromatic N) is 3. The molecule has 0 radical (unpaired) electrons. The van der Waals surface area contributed by atoms with Crippen LogP contribution >= 0.6 is 0 Å². The average molecular weight is 403 g/mol. The highest BCUT2D eigenvalue weighted by Crippen LogP contribution is 2.35. The zero-order valence-corrected chi connectivity index (χ0v) is 15.2. The fraction of sp³-hybridized carbons (Fsp3) is 0.300. The van der Waals surface area contributed by atoms with E-state index in [1.54, 1.807) is 23.1 Å². The van der Waals surface area contributed by atoms with E-state index in [4.69, 9.17) is 0 Å². The lowest BCUT2D eigenvalue weighted by Crippen LogP contribution is -2.41. The minimum atomic E-state index is -4.18. The van der Waals surface area contributed by atoms with E-state index in [9.17, 15) is 17.6 Å². The van der Waals surface area contributed by atoms with E-state index < -0.39 is 12.1 Å². The predicted molar refractivity (Wildman–Crippen MR) is 102 cm³/mol. The van der Waals surface area contributed by atoms with Crippen molar-refractivity contribution < 1.29 is 17.6 Å². The van der Waals surface area contributed by atoms with Crippen LogP contribution in [-0.4, -0.2) is 39.4 Å². The number of aromatic nitrogens is 4. The summed E-state index contributed by atoms with van der Waals surface area (Å²) in [4.78, 5) is 9.50. The first-order valence-corrected chi connectivity index (χ1v) is 9.34. The van der Waals surface area contributed by atoms with E-state index in [-0.39, 0.29) is 18.8 Å². The molecule has 3 heterocycles. The Kier molecular flexibility index (Phi) is 4.01. The standard InChI is InChI=1S/C20H17F4N5/c21-12-3-5-14-16(8-12)27-28-18(14)19-25-15-6-4-13(9-17(15)26-19)29-7-1-2-11(10-29)20(22,23)24/h3-6,8-9,11H,1-2,7,10H2,(H,25,26)(H,27,28). The number of rotatable bonds is 2. The van der Waals surface area contributed by atoms with Gasteiger partial charge in [-0.15, -0.1) is 0 Å². The van der Waals surface area contributed by atoms with Crippen LogP contribution in [0.4, 0.5) is 23.2 Å². The van der Waals surface area contributed by atoms with E-state index in [2.05, 4.69) is 20.2 Å². The lowest BCUT2D eigenvalue weighted by molar-refractivity contribution is -0.175. The Morgan fingerprint density at radius 1 is 1.07 bits per heavy atom. The smallest absolute Gasteiger partial charge is 0.371 e. The number of benzene rings is 2. The molecule has 4 aromatic rings. The van der Waals surface area contributed by atoms with Gasteiger partial charge in [-0.25, -0.2) is 9.37 Å². The number of piperidine rings is 1. The highest BCUT2D eigenvalue weighted by Gasteiger charge is 2.41. The zero-order valence-electron chi connectivity index (χ0n) is 15.2. The van der Waals surface area contributed by atoms with Crippen molar-refractivity contribution in [2.75, 3.05) is 18.0 Å². The molecule has 0 amide bonds. The van der Waals surface area contributed by atoms with Crippen molar-refractivity contribution in [3.8, 4) is 11.5 Å². The van der Waals surface area contributed by atoms with E-state index >= 15 is 0 Å². The van der Waals surface area contributed by atoms with E-state index in [1.807, 2.05) is 6.07 Å². The van der Waals surface area contributed by atoms with Crippen molar-refractivity contribution in [2.24, 2.45) is 5.92 Å². The first-order valence-electron chi connectivity index (χ1n) is 9.34. The molecule has 9 heteroatoms. The van der Waals surface area contributed by atoms with Gasteiger partial charge in [0, 0.05) is 24.2 Å². The molecule has 2 aromatic heterocycles. The quantitative estimate of drug-likeness (QED) is 0.462. The van der Waals surface area contributed by atoms with Crippen LogP contribution in [0, 0.1) is 11.7 Å². The second-order valence-electron chi connectivity index (χ2n) is 7.38. The summed E-state index contributed by atoms with van der Waals surface area (Å²) in [7, 11) is 0. The van der Waals surface area contributed by atoms with Gasteiger partial charge in [0.1, 0.15) is 11.5 Å². The zero-order chi connectivity index (χ0) is 20.2. The molecule has 0 bridgehead atoms. The van der Waals surface area contributed by atoms with Crippen LogP contribution in [0.2, 0.25) is 0 Å². The monoisotopic (exact) mass is 403 g/mol. The molecule has 2 aromatic carbocycles. The number of anilines is 1. The Balaban J connectivity index is 1.49. The van der Waals surface area contributed by atoms with Gasteiger partial charge in [0.2, 0.25) is 0 Å². The van der Waals surface area contributed by atoms with Crippen molar-refractivity contribution in [1.29, 1.82) is 0 Å². The van der Waals surface area contributed by atoms with Crippen molar-refractivity contribution >= 4 is 27.6 Å². The summed E-state index contributed by atoms with van der Waals surface area (Å²) < 4.78 is 52.8. The Labute approximate surface area is 162 Å². The summed E-state index contributed by atoms with van der Waals surface area (Å²) in [6.07, 6.45) is -3.50. The molecule has 150 valence electrons. The van der Waals surface area contributed by atoms with E-state index in [0.29, 0.717) is 41.0 Å². The molecule has 5 nitrogen and oxygen atoms in total. The molecule has 1 saturated heterocycles. The van der Waals surface area contributed by atoms with Crippen LogP contribution in [0.5, 0.6) is 0 Å². The molecule has 29 heavy (non-hydrogen) atoms. The third-order valence-electron chi connectivity index (χ3n) is 5.46. The summed E-state index contributed by atoms with van der Waals surface area (Å²) in [5.74, 6) is -1.15. The number of hydrogen-bond acceptors (Lipinski definition) is 3. The highest BCUT2D eigenvalue weighted by atomic mass is 19.4. The molecule has 0 aliphatic carbocycles. The van der Waals surface area contributed by atoms with Gasteiger partial charge in [-0.3, -0.25) is 5.10 Å². The number of hydrogen-bond donors (Lipinski definition) is 2. The maximum atomic E-state index is 13.4.